The molecule has 0 saturated carbocycles. The van der Waals surface area contributed by atoms with Crippen molar-refractivity contribution in [2.45, 2.75) is 39.4 Å². The Morgan fingerprint density at radius 3 is 2.48 bits per heavy atom. The Morgan fingerprint density at radius 2 is 1.91 bits per heavy atom. The lowest BCUT2D eigenvalue weighted by Crippen LogP contribution is -2.26. The average molecular weight is 315 g/mol. The minimum absolute atomic E-state index is 0.0799. The van der Waals surface area contributed by atoms with Gasteiger partial charge < -0.3 is 14.4 Å². The largest absolute Gasteiger partial charge is 0.457 e. The van der Waals surface area contributed by atoms with E-state index in [4.69, 9.17) is 9.26 Å². The number of hydrogen-bond acceptors (Lipinski definition) is 5. The molecule has 0 aliphatic heterocycles. The van der Waals surface area contributed by atoms with Crippen LogP contribution >= 0.6 is 0 Å². The van der Waals surface area contributed by atoms with Gasteiger partial charge in [0.2, 0.25) is 0 Å². The first kappa shape index (κ1) is 17.0. The van der Waals surface area contributed by atoms with E-state index in [1.165, 1.54) is 0 Å². The van der Waals surface area contributed by atoms with Crippen molar-refractivity contribution in [2.75, 3.05) is 0 Å². The van der Waals surface area contributed by atoms with E-state index in [1.807, 2.05) is 31.2 Å². The predicted molar refractivity (Wildman–Crippen MR) is 86.6 cm³/mol. The molecule has 2 aromatic rings. The zero-order valence-corrected chi connectivity index (χ0v) is 13.8. The molecular formula is C18H21NO4. The highest BCUT2D eigenvalue weighted by molar-refractivity contribution is 5.89. The average Bonchev–Trinajstić information content (AvgIpc) is 2.94. The van der Waals surface area contributed by atoms with Gasteiger partial charge in [0.05, 0.1) is 5.57 Å². The molecule has 122 valence electrons. The van der Waals surface area contributed by atoms with Gasteiger partial charge in [-0.2, -0.15) is 0 Å². The van der Waals surface area contributed by atoms with E-state index >= 15 is 0 Å². The fraction of sp³-hybridized carbons (Fsp3) is 0.333. The van der Waals surface area contributed by atoms with Gasteiger partial charge in [-0.15, -0.1) is 0 Å². The van der Waals surface area contributed by atoms with E-state index in [1.54, 1.807) is 26.8 Å². The molecule has 1 N–H and O–H groups in total. The number of rotatable bonds is 4. The highest BCUT2D eigenvalue weighted by Gasteiger charge is 2.26. The molecule has 0 aliphatic carbocycles. The Balaban J connectivity index is 2.14. The minimum atomic E-state index is -1.27. The van der Waals surface area contributed by atoms with Gasteiger partial charge >= 0.3 is 5.97 Å². The summed E-state index contributed by atoms with van der Waals surface area (Å²) in [5.41, 5.74) is 1.45. The van der Waals surface area contributed by atoms with Crippen molar-refractivity contribution in [3.05, 3.63) is 53.7 Å². The number of carbonyl (C=O) groups is 1. The number of esters is 1. The molecule has 1 heterocycles. The van der Waals surface area contributed by atoms with Crippen LogP contribution in [0.4, 0.5) is 0 Å². The number of benzene rings is 1. The quantitative estimate of drug-likeness (QED) is 0.689. The lowest BCUT2D eigenvalue weighted by molar-refractivity contribution is -0.151. The molecule has 0 saturated heterocycles. The number of ether oxygens (including phenoxy) is 1. The Morgan fingerprint density at radius 1 is 1.30 bits per heavy atom. The van der Waals surface area contributed by atoms with E-state index < -0.39 is 17.7 Å². The van der Waals surface area contributed by atoms with Crippen molar-refractivity contribution in [1.82, 2.24) is 5.16 Å². The summed E-state index contributed by atoms with van der Waals surface area (Å²) < 4.78 is 10.4. The molecular weight excluding hydrogens is 294 g/mol. The number of aliphatic hydroxyl groups is 1. The lowest BCUT2D eigenvalue weighted by atomic mass is 10.1. The zero-order chi connectivity index (χ0) is 17.2. The SMILES string of the molecule is C=C(C(=O)OC(C)(C)C)C(O)c1cc(-c2ccc(C)cc2)on1. The number of aryl methyl sites for hydroxylation is 1. The van der Waals surface area contributed by atoms with Crippen molar-refractivity contribution in [3.63, 3.8) is 0 Å². The number of carbonyl (C=O) groups excluding carboxylic acids is 1. The van der Waals surface area contributed by atoms with Gasteiger partial charge in [0, 0.05) is 11.6 Å². The first-order valence-electron chi connectivity index (χ1n) is 7.31. The maximum absolute atomic E-state index is 11.9. The molecule has 0 fully saturated rings. The van der Waals surface area contributed by atoms with Gasteiger partial charge in [-0.3, -0.25) is 0 Å². The van der Waals surface area contributed by atoms with Crippen LogP contribution in [0.25, 0.3) is 11.3 Å². The molecule has 2 rings (SSSR count). The highest BCUT2D eigenvalue weighted by atomic mass is 16.6. The molecule has 0 spiro atoms. The van der Waals surface area contributed by atoms with Crippen molar-refractivity contribution in [3.8, 4) is 11.3 Å². The fourth-order valence-electron chi connectivity index (χ4n) is 1.91. The van der Waals surface area contributed by atoms with Crippen molar-refractivity contribution >= 4 is 5.97 Å². The maximum atomic E-state index is 11.9. The molecule has 1 atom stereocenters. The molecule has 0 aliphatic rings. The summed E-state index contributed by atoms with van der Waals surface area (Å²) in [7, 11) is 0. The molecule has 5 nitrogen and oxygen atoms in total. The van der Waals surface area contributed by atoms with Crippen molar-refractivity contribution in [1.29, 1.82) is 0 Å². The maximum Gasteiger partial charge on any atom is 0.336 e. The Hall–Kier alpha value is -2.40. The molecule has 23 heavy (non-hydrogen) atoms. The van der Waals surface area contributed by atoms with Crippen molar-refractivity contribution in [2.24, 2.45) is 0 Å². The Kier molecular flexibility index (Phi) is 4.71. The smallest absolute Gasteiger partial charge is 0.336 e. The standard InChI is InChI=1S/C18H21NO4/c1-11-6-8-13(9-7-11)15-10-14(19-23-15)16(20)12(2)17(21)22-18(3,4)5/h6-10,16,20H,2H2,1,3-5H3. The number of aliphatic hydroxyl groups excluding tert-OH is 1. The first-order valence-corrected chi connectivity index (χ1v) is 7.31. The van der Waals surface area contributed by atoms with E-state index in [9.17, 15) is 9.90 Å². The third kappa shape index (κ3) is 4.29. The Labute approximate surface area is 135 Å². The summed E-state index contributed by atoms with van der Waals surface area (Å²) >= 11 is 0. The fourth-order valence-corrected chi connectivity index (χ4v) is 1.91. The third-order valence-electron chi connectivity index (χ3n) is 3.14. The summed E-state index contributed by atoms with van der Waals surface area (Å²) in [6.07, 6.45) is -1.27. The summed E-state index contributed by atoms with van der Waals surface area (Å²) in [6.45, 7) is 10.8. The van der Waals surface area contributed by atoms with Crippen molar-refractivity contribution < 1.29 is 19.2 Å². The molecule has 1 aromatic carbocycles. The van der Waals surface area contributed by atoms with Gasteiger partial charge in [0.15, 0.2) is 5.76 Å². The zero-order valence-electron chi connectivity index (χ0n) is 13.8. The molecule has 5 heteroatoms. The lowest BCUT2D eigenvalue weighted by Gasteiger charge is -2.21. The van der Waals surface area contributed by atoms with Crippen LogP contribution in [0.2, 0.25) is 0 Å². The third-order valence-corrected chi connectivity index (χ3v) is 3.14. The summed E-state index contributed by atoms with van der Waals surface area (Å²) in [4.78, 5) is 11.9. The van der Waals surface area contributed by atoms with Crippen LogP contribution < -0.4 is 0 Å². The van der Waals surface area contributed by atoms with Gasteiger partial charge in [0.1, 0.15) is 17.4 Å². The molecule has 1 aromatic heterocycles. The van der Waals surface area contributed by atoms with E-state index in [0.29, 0.717) is 5.76 Å². The molecule has 1 unspecified atom stereocenters. The topological polar surface area (TPSA) is 72.6 Å². The van der Waals surface area contributed by atoms with Gasteiger partial charge in [-0.25, -0.2) is 4.79 Å². The molecule has 0 amide bonds. The van der Waals surface area contributed by atoms with E-state index in [-0.39, 0.29) is 11.3 Å². The first-order chi connectivity index (χ1) is 10.7. The number of nitrogens with zero attached hydrogens (tertiary/aromatic N) is 1. The van der Waals surface area contributed by atoms with Crippen LogP contribution in [0.3, 0.4) is 0 Å². The minimum Gasteiger partial charge on any atom is -0.457 e. The summed E-state index contributed by atoms with van der Waals surface area (Å²) in [6, 6.07) is 9.29. The monoisotopic (exact) mass is 315 g/mol. The van der Waals surface area contributed by atoms with E-state index in [2.05, 4.69) is 11.7 Å². The van der Waals surface area contributed by atoms with Crippen LogP contribution in [0.5, 0.6) is 0 Å². The second-order valence-electron chi connectivity index (χ2n) is 6.41. The highest BCUT2D eigenvalue weighted by Crippen LogP contribution is 2.27. The van der Waals surface area contributed by atoms with Crippen LogP contribution in [-0.2, 0) is 9.53 Å². The van der Waals surface area contributed by atoms with E-state index in [0.717, 1.165) is 11.1 Å². The van der Waals surface area contributed by atoms with Gasteiger partial charge in [-0.1, -0.05) is 41.6 Å². The molecule has 0 bridgehead atoms. The van der Waals surface area contributed by atoms with Crippen LogP contribution in [0.15, 0.2) is 47.0 Å². The van der Waals surface area contributed by atoms with Gasteiger partial charge in [-0.05, 0) is 27.7 Å². The van der Waals surface area contributed by atoms with Gasteiger partial charge in [0.25, 0.3) is 0 Å². The normalized spacial score (nSPS) is 12.7. The molecule has 0 radical (unpaired) electrons. The van der Waals surface area contributed by atoms with Crippen LogP contribution in [0, 0.1) is 6.92 Å². The predicted octanol–water partition coefficient (Wildman–Crippen LogP) is 3.58. The summed E-state index contributed by atoms with van der Waals surface area (Å²) in [5.74, 6) is -0.152. The Bertz CT molecular complexity index is 707. The van der Waals surface area contributed by atoms with Crippen LogP contribution in [-0.4, -0.2) is 21.8 Å². The second-order valence-corrected chi connectivity index (χ2v) is 6.41. The number of aromatic nitrogens is 1. The number of hydrogen-bond donors (Lipinski definition) is 1. The summed E-state index contributed by atoms with van der Waals surface area (Å²) in [5, 5.41) is 14.1. The van der Waals surface area contributed by atoms with Crippen LogP contribution in [0.1, 0.15) is 38.1 Å². The second kappa shape index (κ2) is 6.38.